The fraction of sp³-hybridized carbons (Fsp3) is 0.415. The van der Waals surface area contributed by atoms with E-state index >= 15 is 0 Å². The number of benzene rings is 1. The van der Waals surface area contributed by atoms with Crippen LogP contribution < -0.4 is 32.0 Å². The Labute approximate surface area is 355 Å². The number of pyridine rings is 1. The summed E-state index contributed by atoms with van der Waals surface area (Å²) in [5.41, 5.74) is 15.4. The molecule has 2 saturated heterocycles. The van der Waals surface area contributed by atoms with E-state index in [2.05, 4.69) is 25.8 Å². The minimum atomic E-state index is -0.668. The van der Waals surface area contributed by atoms with E-state index in [1.807, 2.05) is 30.6 Å². The molecule has 1 aromatic carbocycles. The highest BCUT2D eigenvalue weighted by molar-refractivity contribution is 6.07. The zero-order valence-electron chi connectivity index (χ0n) is 35.0. The molecule has 9 rings (SSSR count). The summed E-state index contributed by atoms with van der Waals surface area (Å²) >= 11 is 0. The fourth-order valence-electron chi connectivity index (χ4n) is 9.07. The van der Waals surface area contributed by atoms with Gasteiger partial charge in [-0.1, -0.05) is 12.2 Å². The number of allylic oxidation sites excluding steroid dienone is 2. The summed E-state index contributed by atoms with van der Waals surface area (Å²) in [6.07, 6.45) is 8.37. The summed E-state index contributed by atoms with van der Waals surface area (Å²) in [5.74, 6) is -1.46. The highest BCUT2D eigenvalue weighted by atomic mass is 16.5. The molecular weight excluding hydrogens is 797 g/mol. The number of anilines is 3. The quantitative estimate of drug-likeness (QED) is 0.109. The van der Waals surface area contributed by atoms with E-state index in [0.29, 0.717) is 83.4 Å². The van der Waals surface area contributed by atoms with Gasteiger partial charge in [0.15, 0.2) is 17.0 Å². The number of imidazole rings is 2. The smallest absolute Gasteiger partial charge is 0.331 e. The molecule has 6 aromatic rings. The molecule has 0 aliphatic carbocycles. The van der Waals surface area contributed by atoms with Gasteiger partial charge in [0.2, 0.25) is 23.7 Å². The Bertz CT molecular complexity index is 2820. The van der Waals surface area contributed by atoms with Gasteiger partial charge < -0.3 is 26.1 Å². The van der Waals surface area contributed by atoms with Crippen molar-refractivity contribution in [2.75, 3.05) is 42.3 Å². The van der Waals surface area contributed by atoms with E-state index in [4.69, 9.17) is 36.4 Å². The first-order valence-corrected chi connectivity index (χ1v) is 20.9. The summed E-state index contributed by atoms with van der Waals surface area (Å²) in [6.45, 7) is 11.1. The third-order valence-electron chi connectivity index (χ3n) is 11.9. The summed E-state index contributed by atoms with van der Waals surface area (Å²) in [7, 11) is 0. The number of fused-ring (bicyclic) bond motifs is 11. The number of primary amides is 2. The first-order valence-electron chi connectivity index (χ1n) is 20.9. The number of carbonyl (C=O) groups excluding carboxylic acids is 4. The summed E-state index contributed by atoms with van der Waals surface area (Å²) < 4.78 is 14.2. The number of ether oxygens (including phenoxy) is 1. The molecule has 7 N–H and O–H groups in total. The third-order valence-corrected chi connectivity index (χ3v) is 11.9. The molecule has 8 heterocycles. The predicted molar refractivity (Wildman–Crippen MR) is 227 cm³/mol. The average Bonchev–Trinajstić information content (AvgIpc) is 4.01. The number of amides is 4. The van der Waals surface area contributed by atoms with Crippen LogP contribution in [0.5, 0.6) is 0 Å². The highest BCUT2D eigenvalue weighted by Crippen LogP contribution is 2.32. The van der Waals surface area contributed by atoms with Crippen molar-refractivity contribution in [3.8, 4) is 5.69 Å². The van der Waals surface area contributed by atoms with Crippen molar-refractivity contribution in [3.05, 3.63) is 70.7 Å². The van der Waals surface area contributed by atoms with Gasteiger partial charge in [-0.05, 0) is 58.2 Å². The lowest BCUT2D eigenvalue weighted by Gasteiger charge is -2.27. The molecule has 5 aromatic heterocycles. The Morgan fingerprint density at radius 2 is 1.56 bits per heavy atom. The fourth-order valence-corrected chi connectivity index (χ4v) is 9.07. The maximum atomic E-state index is 14.8. The van der Waals surface area contributed by atoms with Crippen molar-refractivity contribution in [2.24, 2.45) is 11.5 Å². The zero-order chi connectivity index (χ0) is 43.4. The number of carbonyl (C=O) groups is 4. The number of hydrogen-bond acceptors (Lipinski definition) is 12. The van der Waals surface area contributed by atoms with Crippen LogP contribution in [-0.2, 0) is 30.9 Å². The van der Waals surface area contributed by atoms with Crippen LogP contribution in [0.25, 0.3) is 27.9 Å². The molecule has 322 valence electrons. The van der Waals surface area contributed by atoms with Crippen LogP contribution in [0.15, 0.2) is 36.5 Å². The van der Waals surface area contributed by atoms with Gasteiger partial charge in [-0.15, -0.1) is 4.68 Å². The molecule has 3 aliphatic heterocycles. The Kier molecular flexibility index (Phi) is 10.5. The Balaban J connectivity index is 1.20. The van der Waals surface area contributed by atoms with Crippen LogP contribution in [0.2, 0.25) is 0 Å². The zero-order valence-corrected chi connectivity index (χ0v) is 35.0. The van der Waals surface area contributed by atoms with Crippen molar-refractivity contribution < 1.29 is 28.5 Å². The molecule has 21 nitrogen and oxygen atoms in total. The Morgan fingerprint density at radius 3 is 2.32 bits per heavy atom. The number of nitrogens with two attached hydrogens (primary N) is 2. The van der Waals surface area contributed by atoms with Crippen molar-refractivity contribution in [1.29, 1.82) is 0 Å². The van der Waals surface area contributed by atoms with E-state index in [9.17, 15) is 19.2 Å². The molecule has 3 aliphatic rings. The molecular formula is C41H49N16O5+. The number of nitrogens with one attached hydrogen (secondary N) is 3. The van der Waals surface area contributed by atoms with Crippen LogP contribution in [0.3, 0.4) is 0 Å². The van der Waals surface area contributed by atoms with Crippen LogP contribution in [0, 0.1) is 13.8 Å². The van der Waals surface area contributed by atoms with Gasteiger partial charge in [0, 0.05) is 75.2 Å². The van der Waals surface area contributed by atoms with Crippen LogP contribution in [-0.4, -0.2) is 111 Å². The second-order valence-electron chi connectivity index (χ2n) is 15.7. The lowest BCUT2D eigenvalue weighted by molar-refractivity contribution is -0.606. The van der Waals surface area contributed by atoms with Gasteiger partial charge in [-0.2, -0.15) is 9.67 Å². The van der Waals surface area contributed by atoms with Gasteiger partial charge in [0.1, 0.15) is 12.1 Å². The van der Waals surface area contributed by atoms with E-state index in [0.717, 1.165) is 32.4 Å². The molecule has 62 heavy (non-hydrogen) atoms. The first kappa shape index (κ1) is 40.4. The molecule has 1 unspecified atom stereocenters. The molecule has 21 heteroatoms. The molecule has 0 saturated carbocycles. The number of aryl methyl sites for hydroxylation is 4. The summed E-state index contributed by atoms with van der Waals surface area (Å²) in [4.78, 5) is 70.8. The first-order chi connectivity index (χ1) is 29.9. The minimum Gasteiger partial charge on any atom is -0.382 e. The normalized spacial score (nSPS) is 18.7. The monoisotopic (exact) mass is 845 g/mol. The van der Waals surface area contributed by atoms with Crippen molar-refractivity contribution in [2.45, 2.75) is 85.2 Å². The van der Waals surface area contributed by atoms with Crippen LogP contribution in [0.1, 0.15) is 86.5 Å². The van der Waals surface area contributed by atoms with Crippen molar-refractivity contribution >= 4 is 63.4 Å². The SMILES string of the molecule is CCn1nc(C)c2c1C(=O)Nc1nc3cc(C(N)=O)cc(NCCN4C5CCOC[C@@H]4CC5)c3n1C/C=C/Cn1c(nc3cc(C(N)=O)cnc31)NC(=O)c1n(CC)nc(C)[n+]1-2. The average molecular weight is 846 g/mol. The maximum absolute atomic E-state index is 14.8. The molecule has 0 radical (unpaired) electrons. The van der Waals surface area contributed by atoms with Crippen LogP contribution >= 0.6 is 0 Å². The van der Waals surface area contributed by atoms with E-state index in [1.165, 1.54) is 12.3 Å². The summed E-state index contributed by atoms with van der Waals surface area (Å²) in [5, 5.41) is 19.0. The number of nitrogens with zero attached hydrogens (tertiary/aromatic N) is 11. The van der Waals surface area contributed by atoms with Gasteiger partial charge in [0.25, 0.3) is 11.7 Å². The molecule has 2 bridgehead atoms. The topological polar surface area (TPSA) is 257 Å². The third kappa shape index (κ3) is 7.01. The lowest BCUT2D eigenvalue weighted by Crippen LogP contribution is -2.44. The molecule has 4 amide bonds. The van der Waals surface area contributed by atoms with Gasteiger partial charge in [-0.3, -0.25) is 44.0 Å². The number of rotatable bonds is 8. The summed E-state index contributed by atoms with van der Waals surface area (Å²) in [6, 6.07) is 5.70. The van der Waals surface area contributed by atoms with Gasteiger partial charge in [-0.25, -0.2) is 15.0 Å². The standard InChI is InChI=1S/C41H48N16O5/c1-5-55-33-31(22(3)50-55)57-23(4)51-56(6-2)39(57)38(61)49-41-47-30-19-25(35(43)59)20-45-36(30)54(41)14-8-7-13-53-32-28(44-12-15-52-26-9-10-27(52)21-62-16-11-26)17-24(34(42)58)18-29(32)46-40(53)48-37(33)60/h7-8,17-20,26-27,44H,5-6,9-16,21H2,1-4H3,(H5-,42,43,46,47,48,49,58,59,60,61)/p+1/b8-7+/t26?,27-/m0/s1. The predicted octanol–water partition coefficient (Wildman–Crippen LogP) is 2.04. The number of aromatic nitrogens is 10. The largest absolute Gasteiger partial charge is 0.382 e. The minimum absolute atomic E-state index is 0.118. The molecule has 2 atom stereocenters. The van der Waals surface area contributed by atoms with Crippen molar-refractivity contribution in [3.63, 3.8) is 0 Å². The Hall–Kier alpha value is -7.00. The van der Waals surface area contributed by atoms with E-state index in [1.54, 1.807) is 44.5 Å². The second-order valence-corrected chi connectivity index (χ2v) is 15.7. The highest BCUT2D eigenvalue weighted by Gasteiger charge is 2.38. The second kappa shape index (κ2) is 16.1. The van der Waals surface area contributed by atoms with Crippen molar-refractivity contribution in [1.82, 2.24) is 48.5 Å². The Morgan fingerprint density at radius 1 is 0.871 bits per heavy atom. The van der Waals surface area contributed by atoms with Crippen LogP contribution in [0.4, 0.5) is 17.6 Å². The maximum Gasteiger partial charge on any atom is 0.331 e. The van der Waals surface area contributed by atoms with E-state index < -0.39 is 23.6 Å². The van der Waals surface area contributed by atoms with E-state index in [-0.39, 0.29) is 47.6 Å². The van der Waals surface area contributed by atoms with Gasteiger partial charge >= 0.3 is 11.7 Å². The molecule has 2 fully saturated rings. The number of hydrogen-bond donors (Lipinski definition) is 5. The lowest BCUT2D eigenvalue weighted by atomic mass is 10.1. The molecule has 0 spiro atoms. The van der Waals surface area contributed by atoms with Gasteiger partial charge in [0.05, 0.1) is 34.6 Å².